The summed E-state index contributed by atoms with van der Waals surface area (Å²) in [6.45, 7) is 4.60. The predicted octanol–water partition coefficient (Wildman–Crippen LogP) is 4.44. The van der Waals surface area contributed by atoms with Crippen LogP contribution in [0.25, 0.3) is 0 Å². The lowest BCUT2D eigenvalue weighted by molar-refractivity contribution is -0.112. The molecule has 0 aromatic carbocycles. The molecule has 4 aliphatic rings. The van der Waals surface area contributed by atoms with Crippen LogP contribution in [0.2, 0.25) is 0 Å². The fourth-order valence-corrected chi connectivity index (χ4v) is 6.86. The molecule has 6 atom stereocenters. The molecule has 0 amide bonds. The van der Waals surface area contributed by atoms with Crippen LogP contribution in [-0.4, -0.2) is 21.5 Å². The number of carbonyl (C=O) groups excluding carboxylic acids is 1. The van der Waals surface area contributed by atoms with Gasteiger partial charge in [-0.3, -0.25) is 9.78 Å². The molecule has 3 nitrogen and oxygen atoms in total. The first-order valence-electron chi connectivity index (χ1n) is 10.6. The van der Waals surface area contributed by atoms with Gasteiger partial charge in [-0.1, -0.05) is 38.1 Å². The van der Waals surface area contributed by atoms with E-state index < -0.39 is 5.60 Å². The summed E-state index contributed by atoms with van der Waals surface area (Å²) in [7, 11) is 0. The SMILES string of the molecule is C[C@]12C=CC(=O)C=C1C=C[C@@H]1[C@@H]2CC[C@@]2(C)[C@H]1CC[C@@]2(O)Cc1ccccn1. The first-order valence-corrected chi connectivity index (χ1v) is 10.6. The molecule has 2 fully saturated rings. The van der Waals surface area contributed by atoms with E-state index in [9.17, 15) is 9.90 Å². The number of rotatable bonds is 2. The van der Waals surface area contributed by atoms with Crippen LogP contribution in [0.15, 0.2) is 60.3 Å². The number of carbonyl (C=O) groups is 1. The molecule has 1 aromatic heterocycles. The van der Waals surface area contributed by atoms with Gasteiger partial charge in [-0.25, -0.2) is 0 Å². The highest BCUT2D eigenvalue weighted by Gasteiger charge is 2.62. The third-order valence-corrected chi connectivity index (χ3v) is 8.64. The minimum Gasteiger partial charge on any atom is -0.389 e. The van der Waals surface area contributed by atoms with Crippen molar-refractivity contribution in [2.24, 2.45) is 28.6 Å². The van der Waals surface area contributed by atoms with Gasteiger partial charge < -0.3 is 5.11 Å². The summed E-state index contributed by atoms with van der Waals surface area (Å²) < 4.78 is 0. The number of allylic oxidation sites excluding steroid dienone is 6. The van der Waals surface area contributed by atoms with E-state index in [-0.39, 0.29) is 16.6 Å². The van der Waals surface area contributed by atoms with Crippen LogP contribution in [-0.2, 0) is 11.2 Å². The molecule has 146 valence electrons. The van der Waals surface area contributed by atoms with E-state index in [2.05, 4.69) is 37.1 Å². The average Bonchev–Trinajstić information content (AvgIpc) is 2.94. The van der Waals surface area contributed by atoms with E-state index in [0.717, 1.165) is 37.0 Å². The molecule has 0 bridgehead atoms. The van der Waals surface area contributed by atoms with Gasteiger partial charge in [-0.15, -0.1) is 0 Å². The summed E-state index contributed by atoms with van der Waals surface area (Å²) in [5.41, 5.74) is 1.30. The fourth-order valence-electron chi connectivity index (χ4n) is 6.86. The Bertz CT molecular complexity index is 900. The van der Waals surface area contributed by atoms with Crippen molar-refractivity contribution in [2.45, 2.75) is 51.6 Å². The lowest BCUT2D eigenvalue weighted by Crippen LogP contribution is -2.54. The highest BCUT2D eigenvalue weighted by atomic mass is 16.3. The van der Waals surface area contributed by atoms with Gasteiger partial charge in [0.25, 0.3) is 0 Å². The fraction of sp³-hybridized carbons (Fsp3) is 0.520. The maximum atomic E-state index is 11.9. The van der Waals surface area contributed by atoms with Gasteiger partial charge in [0.1, 0.15) is 0 Å². The Morgan fingerprint density at radius 3 is 2.75 bits per heavy atom. The Morgan fingerprint density at radius 2 is 1.96 bits per heavy atom. The van der Waals surface area contributed by atoms with E-state index in [4.69, 9.17) is 0 Å². The molecule has 4 aliphatic carbocycles. The number of ketones is 1. The molecule has 0 spiro atoms. The van der Waals surface area contributed by atoms with Crippen LogP contribution in [0.3, 0.4) is 0 Å². The predicted molar refractivity (Wildman–Crippen MR) is 109 cm³/mol. The van der Waals surface area contributed by atoms with Gasteiger partial charge in [0.2, 0.25) is 0 Å². The maximum Gasteiger partial charge on any atom is 0.178 e. The Kier molecular flexibility index (Phi) is 3.87. The van der Waals surface area contributed by atoms with Gasteiger partial charge in [-0.05, 0) is 73.3 Å². The normalized spacial score (nSPS) is 43.9. The topological polar surface area (TPSA) is 50.2 Å². The van der Waals surface area contributed by atoms with Crippen LogP contribution >= 0.6 is 0 Å². The van der Waals surface area contributed by atoms with Crippen molar-refractivity contribution < 1.29 is 9.90 Å². The van der Waals surface area contributed by atoms with Crippen molar-refractivity contribution in [2.75, 3.05) is 0 Å². The first kappa shape index (κ1) is 18.1. The highest BCUT2D eigenvalue weighted by molar-refractivity contribution is 6.01. The molecular formula is C25H29NO2. The average molecular weight is 376 g/mol. The van der Waals surface area contributed by atoms with E-state index in [1.165, 1.54) is 0 Å². The van der Waals surface area contributed by atoms with Crippen molar-refractivity contribution in [1.29, 1.82) is 0 Å². The minimum absolute atomic E-state index is 0.0592. The van der Waals surface area contributed by atoms with Crippen molar-refractivity contribution in [3.05, 3.63) is 66.0 Å². The third kappa shape index (κ3) is 2.38. The first-order chi connectivity index (χ1) is 13.4. The summed E-state index contributed by atoms with van der Waals surface area (Å²) >= 11 is 0. The van der Waals surface area contributed by atoms with Crippen LogP contribution in [0.1, 0.15) is 45.2 Å². The number of fused-ring (bicyclic) bond motifs is 5. The zero-order valence-corrected chi connectivity index (χ0v) is 16.8. The molecule has 1 aromatic rings. The van der Waals surface area contributed by atoms with E-state index in [0.29, 0.717) is 24.2 Å². The molecule has 0 saturated heterocycles. The molecule has 0 radical (unpaired) electrons. The summed E-state index contributed by atoms with van der Waals surface area (Å²) in [6, 6.07) is 5.97. The molecule has 5 rings (SSSR count). The van der Waals surface area contributed by atoms with Gasteiger partial charge in [-0.2, -0.15) is 0 Å². The molecule has 1 N–H and O–H groups in total. The van der Waals surface area contributed by atoms with Crippen molar-refractivity contribution in [3.63, 3.8) is 0 Å². The second-order valence-electron chi connectivity index (χ2n) is 9.79. The van der Waals surface area contributed by atoms with Gasteiger partial charge in [0, 0.05) is 29.1 Å². The molecule has 3 heteroatoms. The van der Waals surface area contributed by atoms with E-state index >= 15 is 0 Å². The number of hydrogen-bond donors (Lipinski definition) is 1. The Morgan fingerprint density at radius 1 is 1.14 bits per heavy atom. The highest BCUT2D eigenvalue weighted by Crippen LogP contribution is 2.66. The molecule has 0 aliphatic heterocycles. The summed E-state index contributed by atoms with van der Waals surface area (Å²) in [5.74, 6) is 1.53. The second kappa shape index (κ2) is 6.00. The molecule has 2 saturated carbocycles. The number of pyridine rings is 1. The standard InChI is InChI=1S/C25H29NO2/c1-23-11-8-19(27)15-17(23)6-7-20-21(23)9-12-24(2)22(20)10-13-25(24,28)16-18-5-3-4-14-26-18/h3-8,11,14-15,20-22,28H,9-10,12-13,16H2,1-2H3/t20-,21+,22+,23+,24+,25-/m1/s1. The largest absolute Gasteiger partial charge is 0.389 e. The minimum atomic E-state index is -0.694. The van der Waals surface area contributed by atoms with Gasteiger partial charge in [0.15, 0.2) is 5.78 Å². The van der Waals surface area contributed by atoms with Gasteiger partial charge >= 0.3 is 0 Å². The van der Waals surface area contributed by atoms with Crippen molar-refractivity contribution in [1.82, 2.24) is 4.98 Å². The van der Waals surface area contributed by atoms with Crippen molar-refractivity contribution >= 4 is 5.78 Å². The molecule has 1 heterocycles. The number of nitrogens with zero attached hydrogens (tertiary/aromatic N) is 1. The van der Waals surface area contributed by atoms with E-state index in [1.807, 2.05) is 30.5 Å². The number of hydrogen-bond acceptors (Lipinski definition) is 3. The molecule has 28 heavy (non-hydrogen) atoms. The monoisotopic (exact) mass is 375 g/mol. The van der Waals surface area contributed by atoms with E-state index in [1.54, 1.807) is 6.08 Å². The third-order valence-electron chi connectivity index (χ3n) is 8.64. The zero-order valence-electron chi connectivity index (χ0n) is 16.8. The Balaban J connectivity index is 1.49. The lowest BCUT2D eigenvalue weighted by Gasteiger charge is -2.56. The van der Waals surface area contributed by atoms with Crippen LogP contribution < -0.4 is 0 Å². The summed E-state index contributed by atoms with van der Waals surface area (Å²) in [4.78, 5) is 16.4. The van der Waals surface area contributed by atoms with Crippen LogP contribution in [0.5, 0.6) is 0 Å². The van der Waals surface area contributed by atoms with Crippen LogP contribution in [0, 0.1) is 28.6 Å². The van der Waals surface area contributed by atoms with Gasteiger partial charge in [0.05, 0.1) is 5.60 Å². The van der Waals surface area contributed by atoms with Crippen LogP contribution in [0.4, 0.5) is 0 Å². The van der Waals surface area contributed by atoms with Crippen molar-refractivity contribution in [3.8, 4) is 0 Å². The number of aromatic nitrogens is 1. The molecular weight excluding hydrogens is 346 g/mol. The quantitative estimate of drug-likeness (QED) is 0.831. The lowest BCUT2D eigenvalue weighted by atomic mass is 9.49. The number of aliphatic hydroxyl groups is 1. The zero-order chi connectivity index (χ0) is 19.6. The smallest absolute Gasteiger partial charge is 0.178 e. The second-order valence-corrected chi connectivity index (χ2v) is 9.79. The Labute approximate surface area is 167 Å². The summed E-state index contributed by atoms with van der Waals surface area (Å²) in [5, 5.41) is 11.8. The summed E-state index contributed by atoms with van der Waals surface area (Å²) in [6.07, 6.45) is 16.7. The maximum absolute atomic E-state index is 11.9. The Hall–Kier alpha value is -2.00. The molecule has 0 unspecified atom stereocenters.